The Morgan fingerprint density at radius 3 is 2.56 bits per heavy atom. The Balaban J connectivity index is 2.49. The molecule has 2 aromatic rings. The first-order chi connectivity index (χ1) is 7.48. The van der Waals surface area contributed by atoms with Crippen molar-refractivity contribution in [1.82, 2.24) is 9.55 Å². The molecule has 1 aromatic carbocycles. The van der Waals surface area contributed by atoms with Gasteiger partial charge in [-0.3, -0.25) is 0 Å². The summed E-state index contributed by atoms with van der Waals surface area (Å²) in [6.07, 6.45) is -1.23. The zero-order valence-corrected chi connectivity index (χ0v) is 8.49. The molecule has 0 atom stereocenters. The number of imidazole rings is 1. The van der Waals surface area contributed by atoms with Crippen LogP contribution in [-0.4, -0.2) is 9.55 Å². The van der Waals surface area contributed by atoms with Crippen LogP contribution in [0.4, 0.5) is 13.2 Å². The van der Waals surface area contributed by atoms with Crippen LogP contribution in [0.1, 0.15) is 11.3 Å². The van der Waals surface area contributed by atoms with Crippen molar-refractivity contribution in [3.63, 3.8) is 0 Å². The molecular weight excluding hydrogens is 217 g/mol. The molecule has 16 heavy (non-hydrogen) atoms. The Labute approximate surface area is 90.4 Å². The van der Waals surface area contributed by atoms with Crippen molar-refractivity contribution >= 4 is 0 Å². The lowest BCUT2D eigenvalue weighted by Crippen LogP contribution is -2.06. The Bertz CT molecular complexity index is 500. The van der Waals surface area contributed by atoms with Gasteiger partial charge in [-0.15, -0.1) is 0 Å². The topological polar surface area (TPSA) is 17.8 Å². The van der Waals surface area contributed by atoms with E-state index in [0.29, 0.717) is 5.69 Å². The molecule has 2 nitrogen and oxygen atoms in total. The van der Waals surface area contributed by atoms with Crippen LogP contribution in [0.25, 0.3) is 5.69 Å². The molecule has 0 saturated heterocycles. The lowest BCUT2D eigenvalue weighted by Gasteiger charge is -2.10. The molecule has 0 saturated carbocycles. The highest BCUT2D eigenvalue weighted by atomic mass is 19.4. The van der Waals surface area contributed by atoms with E-state index in [1.54, 1.807) is 23.8 Å². The van der Waals surface area contributed by atoms with Gasteiger partial charge in [0.2, 0.25) is 0 Å². The van der Waals surface area contributed by atoms with Crippen LogP contribution >= 0.6 is 0 Å². The van der Waals surface area contributed by atoms with Gasteiger partial charge in [-0.2, -0.15) is 13.2 Å². The number of hydrogen-bond donors (Lipinski definition) is 0. The summed E-state index contributed by atoms with van der Waals surface area (Å²) in [5.74, 6) is 0. The van der Waals surface area contributed by atoms with Crippen LogP contribution in [0.3, 0.4) is 0 Å². The van der Waals surface area contributed by atoms with E-state index in [9.17, 15) is 13.2 Å². The van der Waals surface area contributed by atoms with Gasteiger partial charge in [-0.05, 0) is 25.1 Å². The summed E-state index contributed by atoms with van der Waals surface area (Å²) in [5, 5.41) is 0. The molecule has 0 bridgehead atoms. The van der Waals surface area contributed by atoms with Gasteiger partial charge in [-0.25, -0.2) is 4.98 Å². The molecule has 0 spiro atoms. The maximum absolute atomic E-state index is 12.5. The minimum absolute atomic E-state index is 0.463. The zero-order chi connectivity index (χ0) is 11.8. The second kappa shape index (κ2) is 3.66. The van der Waals surface area contributed by atoms with Crippen molar-refractivity contribution in [2.45, 2.75) is 13.1 Å². The molecule has 1 heterocycles. The summed E-state index contributed by atoms with van der Waals surface area (Å²) < 4.78 is 39.1. The van der Waals surface area contributed by atoms with Crippen molar-refractivity contribution in [2.24, 2.45) is 0 Å². The fourth-order valence-electron chi connectivity index (χ4n) is 1.46. The fraction of sp³-hybridized carbons (Fsp3) is 0.182. The van der Waals surface area contributed by atoms with Crippen LogP contribution in [0.5, 0.6) is 0 Å². The van der Waals surface area contributed by atoms with Gasteiger partial charge in [0.05, 0.1) is 11.9 Å². The Morgan fingerprint density at radius 1 is 1.25 bits per heavy atom. The lowest BCUT2D eigenvalue weighted by atomic mass is 10.2. The van der Waals surface area contributed by atoms with Gasteiger partial charge in [0, 0.05) is 17.6 Å². The molecule has 0 radical (unpaired) electrons. The van der Waals surface area contributed by atoms with Crippen molar-refractivity contribution in [1.29, 1.82) is 0 Å². The highest BCUT2D eigenvalue weighted by Gasteiger charge is 2.30. The predicted molar refractivity (Wildman–Crippen MR) is 53.3 cm³/mol. The lowest BCUT2D eigenvalue weighted by molar-refractivity contribution is -0.137. The van der Waals surface area contributed by atoms with Gasteiger partial charge in [0.15, 0.2) is 0 Å². The Hall–Kier alpha value is -1.78. The molecule has 0 N–H and O–H groups in total. The van der Waals surface area contributed by atoms with Crippen molar-refractivity contribution in [3.05, 3.63) is 48.0 Å². The van der Waals surface area contributed by atoms with Gasteiger partial charge >= 0.3 is 6.18 Å². The smallest absolute Gasteiger partial charge is 0.304 e. The minimum Gasteiger partial charge on any atom is -0.304 e. The first-order valence-corrected chi connectivity index (χ1v) is 4.65. The van der Waals surface area contributed by atoms with E-state index in [1.165, 1.54) is 12.4 Å². The molecule has 2 rings (SSSR count). The van der Waals surface area contributed by atoms with Gasteiger partial charge in [0.25, 0.3) is 0 Å². The van der Waals surface area contributed by atoms with E-state index in [1.807, 2.05) is 0 Å². The van der Waals surface area contributed by atoms with Gasteiger partial charge in [0.1, 0.15) is 0 Å². The molecule has 0 amide bonds. The third-order valence-electron chi connectivity index (χ3n) is 2.28. The minimum atomic E-state index is -4.31. The predicted octanol–water partition coefficient (Wildman–Crippen LogP) is 3.20. The average molecular weight is 226 g/mol. The highest BCUT2D eigenvalue weighted by molar-refractivity contribution is 5.38. The summed E-state index contributed by atoms with van der Waals surface area (Å²) in [7, 11) is 0. The third-order valence-corrected chi connectivity index (χ3v) is 2.28. The van der Waals surface area contributed by atoms with Crippen LogP contribution in [-0.2, 0) is 6.18 Å². The largest absolute Gasteiger partial charge is 0.416 e. The average Bonchev–Trinajstić information content (AvgIpc) is 2.63. The molecule has 5 heteroatoms. The van der Waals surface area contributed by atoms with E-state index < -0.39 is 11.7 Å². The summed E-state index contributed by atoms with van der Waals surface area (Å²) in [4.78, 5) is 3.87. The van der Waals surface area contributed by atoms with Crippen molar-refractivity contribution in [2.75, 3.05) is 0 Å². The fourth-order valence-corrected chi connectivity index (χ4v) is 1.46. The number of aryl methyl sites for hydroxylation is 1. The molecule has 1 aromatic heterocycles. The molecule has 0 fully saturated rings. The molecule has 0 unspecified atom stereocenters. The summed E-state index contributed by atoms with van der Waals surface area (Å²) in [5.41, 5.74) is 0.599. The Morgan fingerprint density at radius 2 is 2.00 bits per heavy atom. The molecule has 84 valence electrons. The van der Waals surface area contributed by atoms with Crippen LogP contribution in [0.2, 0.25) is 0 Å². The molecule has 0 aliphatic heterocycles. The van der Waals surface area contributed by atoms with Crippen LogP contribution in [0, 0.1) is 6.92 Å². The number of aromatic nitrogens is 2. The van der Waals surface area contributed by atoms with E-state index in [-0.39, 0.29) is 0 Å². The normalized spacial score (nSPS) is 11.8. The monoisotopic (exact) mass is 226 g/mol. The van der Waals surface area contributed by atoms with E-state index >= 15 is 0 Å². The summed E-state index contributed by atoms with van der Waals surface area (Å²) in [6, 6.07) is 5.16. The summed E-state index contributed by atoms with van der Waals surface area (Å²) in [6.45, 7) is 1.78. The first kappa shape index (κ1) is 10.7. The maximum Gasteiger partial charge on any atom is 0.416 e. The van der Waals surface area contributed by atoms with E-state index in [4.69, 9.17) is 0 Å². The second-order valence-corrected chi connectivity index (χ2v) is 3.45. The number of halogens is 3. The quantitative estimate of drug-likeness (QED) is 0.730. The molecule has 0 aliphatic rings. The van der Waals surface area contributed by atoms with E-state index in [2.05, 4.69) is 4.98 Å². The van der Waals surface area contributed by atoms with Gasteiger partial charge in [-0.1, -0.05) is 6.07 Å². The summed E-state index contributed by atoms with van der Waals surface area (Å²) >= 11 is 0. The first-order valence-electron chi connectivity index (χ1n) is 4.65. The van der Waals surface area contributed by atoms with Crippen LogP contribution in [0.15, 0.2) is 36.8 Å². The number of alkyl halides is 3. The Kier molecular flexibility index (Phi) is 2.46. The molecule has 0 aliphatic carbocycles. The van der Waals surface area contributed by atoms with Crippen molar-refractivity contribution < 1.29 is 13.2 Å². The standard InChI is InChI=1S/C11H9F3N2/c1-8-6-15-7-16(8)10-4-2-3-9(5-10)11(12,13)14/h2-7H,1H3. The van der Waals surface area contributed by atoms with E-state index in [0.717, 1.165) is 17.8 Å². The number of benzene rings is 1. The second-order valence-electron chi connectivity index (χ2n) is 3.45. The van der Waals surface area contributed by atoms with Crippen LogP contribution < -0.4 is 0 Å². The highest BCUT2D eigenvalue weighted by Crippen LogP contribution is 2.30. The van der Waals surface area contributed by atoms with Gasteiger partial charge < -0.3 is 4.57 Å². The SMILES string of the molecule is Cc1cncn1-c1cccc(C(F)(F)F)c1. The number of hydrogen-bond acceptors (Lipinski definition) is 1. The zero-order valence-electron chi connectivity index (χ0n) is 8.49. The number of nitrogens with zero attached hydrogens (tertiary/aromatic N) is 2. The van der Waals surface area contributed by atoms with Crippen molar-refractivity contribution in [3.8, 4) is 5.69 Å². The third kappa shape index (κ3) is 1.93. The number of rotatable bonds is 1. The maximum atomic E-state index is 12.5. The molecular formula is C11H9F3N2.